The minimum atomic E-state index is -1.21. The Labute approximate surface area is 196 Å². The van der Waals surface area contributed by atoms with Gasteiger partial charge >= 0.3 is 5.97 Å². The lowest BCUT2D eigenvalue weighted by atomic mass is 9.98. The van der Waals surface area contributed by atoms with E-state index in [1.807, 2.05) is 0 Å². The van der Waals surface area contributed by atoms with Gasteiger partial charge in [-0.2, -0.15) is 0 Å². The minimum absolute atomic E-state index is 0.130. The van der Waals surface area contributed by atoms with E-state index in [1.54, 1.807) is 30.3 Å². The van der Waals surface area contributed by atoms with E-state index in [4.69, 9.17) is 5.73 Å². The van der Waals surface area contributed by atoms with Crippen LogP contribution in [0, 0.1) is 11.8 Å². The lowest BCUT2D eigenvalue weighted by Gasteiger charge is -2.19. The van der Waals surface area contributed by atoms with Crippen LogP contribution in [0.3, 0.4) is 0 Å². The number of benzene rings is 1. The number of rotatable bonds is 14. The van der Waals surface area contributed by atoms with Crippen molar-refractivity contribution in [3.63, 3.8) is 0 Å². The molecule has 4 amide bonds. The van der Waals surface area contributed by atoms with E-state index in [-0.39, 0.29) is 25.4 Å². The first-order valence-electron chi connectivity index (χ1n) is 10.8. The van der Waals surface area contributed by atoms with Crippen molar-refractivity contribution in [2.75, 3.05) is 26.2 Å². The smallest absolute Gasteiger partial charge is 0.314 e. The summed E-state index contributed by atoms with van der Waals surface area (Å²) in [4.78, 5) is 71.5. The lowest BCUT2D eigenvalue weighted by molar-refractivity contribution is -0.147. The third kappa shape index (κ3) is 8.98. The molecule has 184 valence electrons. The van der Waals surface area contributed by atoms with Crippen molar-refractivity contribution in [1.29, 1.82) is 0 Å². The predicted molar refractivity (Wildman–Crippen MR) is 119 cm³/mol. The number of amides is 4. The molecule has 2 atom stereocenters. The number of Topliss-reactive ketones (excluding diaryl/α,β-unsaturated/α-hetero) is 1. The summed E-state index contributed by atoms with van der Waals surface area (Å²) in [5.74, 6) is -5.61. The van der Waals surface area contributed by atoms with Crippen molar-refractivity contribution in [3.05, 3.63) is 35.9 Å². The molecule has 1 aliphatic rings. The van der Waals surface area contributed by atoms with Crippen LogP contribution >= 0.6 is 0 Å². The zero-order chi connectivity index (χ0) is 25.1. The highest BCUT2D eigenvalue weighted by Gasteiger charge is 2.40. The van der Waals surface area contributed by atoms with Gasteiger partial charge in [0.05, 0.1) is 26.2 Å². The molecule has 1 fully saturated rings. The van der Waals surface area contributed by atoms with E-state index in [2.05, 4.69) is 21.3 Å². The molecule has 34 heavy (non-hydrogen) atoms. The van der Waals surface area contributed by atoms with Crippen molar-refractivity contribution in [3.8, 4) is 0 Å². The number of carbonyl (C=O) groups is 6. The standard InChI is InChI=1S/C22H29N5O7/c23-9-17(29)25-12-19(31)27-15(8-13-4-2-1-3-5-13)21(32)26-11-18(30)24-10-16(28)20(22(33)34)14-6-7-14/h1-5,14-15,20H,6-12,23H2,(H,24,30)(H,25,29)(H,26,32)(H,27,31)(H,33,34)/t15-,20+/m0/s1. The molecular formula is C22H29N5O7. The summed E-state index contributed by atoms with van der Waals surface area (Å²) < 4.78 is 0. The van der Waals surface area contributed by atoms with E-state index in [1.165, 1.54) is 0 Å². The molecule has 0 heterocycles. The first kappa shape index (κ1) is 26.5. The predicted octanol–water partition coefficient (Wildman–Crippen LogP) is -2.30. The maximum absolute atomic E-state index is 12.7. The second-order valence-corrected chi connectivity index (χ2v) is 7.90. The number of carboxylic acid groups (broad SMARTS) is 1. The van der Waals surface area contributed by atoms with Gasteiger partial charge in [0.15, 0.2) is 5.78 Å². The summed E-state index contributed by atoms with van der Waals surface area (Å²) in [6.45, 7) is -1.58. The Morgan fingerprint density at radius 3 is 2.09 bits per heavy atom. The Bertz CT molecular complexity index is 917. The SMILES string of the molecule is NCC(=O)NCC(=O)N[C@@H](Cc1ccccc1)C(=O)NCC(=O)NCC(=O)[C@H](C(=O)O)C1CC1. The first-order chi connectivity index (χ1) is 16.2. The molecule has 12 nitrogen and oxygen atoms in total. The van der Waals surface area contributed by atoms with E-state index in [0.29, 0.717) is 12.8 Å². The Morgan fingerprint density at radius 1 is 0.882 bits per heavy atom. The highest BCUT2D eigenvalue weighted by atomic mass is 16.4. The van der Waals surface area contributed by atoms with Crippen LogP contribution in [0.4, 0.5) is 0 Å². The Morgan fingerprint density at radius 2 is 1.50 bits per heavy atom. The zero-order valence-corrected chi connectivity index (χ0v) is 18.5. The number of aliphatic carboxylic acids is 1. The molecule has 1 aromatic rings. The molecule has 1 aliphatic carbocycles. The van der Waals surface area contributed by atoms with Gasteiger partial charge in [-0.25, -0.2) is 0 Å². The number of carbonyl (C=O) groups excluding carboxylic acids is 5. The van der Waals surface area contributed by atoms with Gasteiger partial charge in [-0.3, -0.25) is 28.8 Å². The second-order valence-electron chi connectivity index (χ2n) is 7.90. The summed E-state index contributed by atoms with van der Waals surface area (Å²) in [5.41, 5.74) is 5.93. The maximum atomic E-state index is 12.7. The average molecular weight is 476 g/mol. The molecule has 0 saturated heterocycles. The van der Waals surface area contributed by atoms with Crippen LogP contribution in [0.15, 0.2) is 30.3 Å². The average Bonchev–Trinajstić information content (AvgIpc) is 3.64. The van der Waals surface area contributed by atoms with E-state index < -0.39 is 60.4 Å². The maximum Gasteiger partial charge on any atom is 0.314 e. The van der Waals surface area contributed by atoms with Gasteiger partial charge in [-0.1, -0.05) is 30.3 Å². The van der Waals surface area contributed by atoms with Gasteiger partial charge in [0.1, 0.15) is 12.0 Å². The van der Waals surface area contributed by atoms with Crippen molar-refractivity contribution < 1.29 is 33.9 Å². The fourth-order valence-corrected chi connectivity index (χ4v) is 3.24. The van der Waals surface area contributed by atoms with Crippen LogP contribution in [-0.4, -0.2) is 72.7 Å². The number of hydrogen-bond donors (Lipinski definition) is 6. The third-order valence-corrected chi connectivity index (χ3v) is 5.16. The Kier molecular flexibility index (Phi) is 10.1. The summed E-state index contributed by atoms with van der Waals surface area (Å²) in [7, 11) is 0. The molecule has 0 unspecified atom stereocenters. The van der Waals surface area contributed by atoms with Gasteiger partial charge in [-0.05, 0) is 24.3 Å². The molecule has 0 aromatic heterocycles. The molecule has 0 radical (unpaired) electrons. The quantitative estimate of drug-likeness (QED) is 0.161. The van der Waals surface area contributed by atoms with Gasteiger partial charge in [-0.15, -0.1) is 0 Å². The van der Waals surface area contributed by atoms with Crippen molar-refractivity contribution >= 4 is 35.4 Å². The van der Waals surface area contributed by atoms with E-state index in [0.717, 1.165) is 5.56 Å². The van der Waals surface area contributed by atoms with Crippen molar-refractivity contribution in [2.45, 2.75) is 25.3 Å². The molecule has 2 rings (SSSR count). The molecule has 0 spiro atoms. The van der Waals surface area contributed by atoms with Gasteiger partial charge in [0.25, 0.3) is 0 Å². The van der Waals surface area contributed by atoms with Crippen molar-refractivity contribution in [2.24, 2.45) is 17.6 Å². The lowest BCUT2D eigenvalue weighted by Crippen LogP contribution is -2.52. The van der Waals surface area contributed by atoms with E-state index in [9.17, 15) is 33.9 Å². The fourth-order valence-electron chi connectivity index (χ4n) is 3.24. The van der Waals surface area contributed by atoms with Crippen LogP contribution in [0.2, 0.25) is 0 Å². The summed E-state index contributed by atoms with van der Waals surface area (Å²) >= 11 is 0. The van der Waals surface area contributed by atoms with Gasteiger partial charge in [0.2, 0.25) is 23.6 Å². The third-order valence-electron chi connectivity index (χ3n) is 5.16. The normalized spacial score (nSPS) is 14.3. The molecule has 0 bridgehead atoms. The number of nitrogens with one attached hydrogen (secondary N) is 4. The zero-order valence-electron chi connectivity index (χ0n) is 18.5. The van der Waals surface area contributed by atoms with E-state index >= 15 is 0 Å². The minimum Gasteiger partial charge on any atom is -0.481 e. The van der Waals surface area contributed by atoms with Crippen LogP contribution in [-0.2, 0) is 35.2 Å². The number of hydrogen-bond acceptors (Lipinski definition) is 7. The van der Waals surface area contributed by atoms with Crippen LogP contribution < -0.4 is 27.0 Å². The van der Waals surface area contributed by atoms with Gasteiger partial charge < -0.3 is 32.1 Å². The summed E-state index contributed by atoms with van der Waals surface area (Å²) in [5, 5.41) is 18.7. The number of carboxylic acids is 1. The van der Waals surface area contributed by atoms with Crippen LogP contribution in [0.25, 0.3) is 0 Å². The largest absolute Gasteiger partial charge is 0.481 e. The van der Waals surface area contributed by atoms with Crippen LogP contribution in [0.5, 0.6) is 0 Å². The van der Waals surface area contributed by atoms with Crippen LogP contribution in [0.1, 0.15) is 18.4 Å². The fraction of sp³-hybridized carbons (Fsp3) is 0.455. The molecule has 1 aromatic carbocycles. The Hall–Kier alpha value is -3.80. The Balaban J connectivity index is 1.88. The monoisotopic (exact) mass is 475 g/mol. The number of ketones is 1. The first-order valence-corrected chi connectivity index (χ1v) is 10.8. The topological polar surface area (TPSA) is 197 Å². The highest BCUT2D eigenvalue weighted by Crippen LogP contribution is 2.37. The molecule has 12 heteroatoms. The molecule has 1 saturated carbocycles. The molecule has 7 N–H and O–H groups in total. The summed E-state index contributed by atoms with van der Waals surface area (Å²) in [6.07, 6.45) is 1.46. The van der Waals surface area contributed by atoms with Crippen molar-refractivity contribution in [1.82, 2.24) is 21.3 Å². The molecular weight excluding hydrogens is 446 g/mol. The summed E-state index contributed by atoms with van der Waals surface area (Å²) in [6, 6.07) is 7.82. The number of nitrogens with two attached hydrogens (primary N) is 1. The molecule has 0 aliphatic heterocycles. The second kappa shape index (κ2) is 13.0. The van der Waals surface area contributed by atoms with Gasteiger partial charge in [0, 0.05) is 6.42 Å². The highest BCUT2D eigenvalue weighted by molar-refractivity contribution is 6.01.